The van der Waals surface area contributed by atoms with E-state index in [0.717, 1.165) is 0 Å². The summed E-state index contributed by atoms with van der Waals surface area (Å²) in [5.41, 5.74) is 5.99. The molecule has 1 aromatic rings. The Morgan fingerprint density at radius 1 is 1.37 bits per heavy atom. The lowest BCUT2D eigenvalue weighted by atomic mass is 9.97. The fourth-order valence-electron chi connectivity index (χ4n) is 2.12. The summed E-state index contributed by atoms with van der Waals surface area (Å²) in [4.78, 5) is 35.4. The minimum atomic E-state index is -0.913. The van der Waals surface area contributed by atoms with E-state index in [2.05, 4.69) is 0 Å². The maximum Gasteiger partial charge on any atom is 0.308 e. The molecule has 1 unspecified atom stereocenters. The number of nitrogens with zero attached hydrogens (tertiary/aromatic N) is 1. The molecule has 2 rings (SSSR count). The van der Waals surface area contributed by atoms with Crippen molar-refractivity contribution in [1.82, 2.24) is 0 Å². The number of anilines is 1. The molecule has 6 heteroatoms. The molecular weight excluding hydrogens is 248 g/mol. The van der Waals surface area contributed by atoms with E-state index in [9.17, 15) is 14.4 Å². The molecule has 3 N–H and O–H groups in total. The van der Waals surface area contributed by atoms with E-state index in [0.29, 0.717) is 17.7 Å². The third kappa shape index (κ3) is 2.73. The van der Waals surface area contributed by atoms with Gasteiger partial charge in [0, 0.05) is 24.2 Å². The topological polar surface area (TPSA) is 101 Å². The number of rotatable bonds is 3. The van der Waals surface area contributed by atoms with Crippen molar-refractivity contribution in [2.45, 2.75) is 12.8 Å². The number of nitrogens with two attached hydrogens (primary N) is 1. The van der Waals surface area contributed by atoms with Gasteiger partial charge in [0.1, 0.15) is 0 Å². The van der Waals surface area contributed by atoms with Gasteiger partial charge in [0.2, 0.25) is 11.8 Å². The maximum absolute atomic E-state index is 11.9. The average molecular weight is 262 g/mol. The quantitative estimate of drug-likeness (QED) is 0.833. The molecule has 1 heterocycles. The number of carbonyl (C=O) groups excluding carboxylic acids is 2. The zero-order valence-electron chi connectivity index (χ0n) is 10.2. The first-order chi connectivity index (χ1) is 8.99. The molecule has 1 aliphatic heterocycles. The van der Waals surface area contributed by atoms with Crippen LogP contribution in [0.2, 0.25) is 0 Å². The Morgan fingerprint density at radius 3 is 2.74 bits per heavy atom. The second-order valence-electron chi connectivity index (χ2n) is 4.49. The Bertz CT molecular complexity index is 541. The second-order valence-corrected chi connectivity index (χ2v) is 4.49. The lowest BCUT2D eigenvalue weighted by Gasteiger charge is -2.30. The summed E-state index contributed by atoms with van der Waals surface area (Å²) in [6.07, 6.45) is 0.540. The van der Waals surface area contributed by atoms with E-state index < -0.39 is 17.8 Å². The fourth-order valence-corrected chi connectivity index (χ4v) is 2.12. The van der Waals surface area contributed by atoms with Crippen molar-refractivity contribution in [3.05, 3.63) is 29.8 Å². The number of carboxylic acids is 1. The highest BCUT2D eigenvalue weighted by molar-refractivity contribution is 5.98. The second kappa shape index (κ2) is 5.09. The molecule has 0 aromatic heterocycles. The zero-order valence-corrected chi connectivity index (χ0v) is 10.2. The van der Waals surface area contributed by atoms with E-state index in [1.807, 2.05) is 0 Å². The highest BCUT2D eigenvalue weighted by Crippen LogP contribution is 2.25. The normalized spacial score (nSPS) is 19.3. The number of carboxylic acid groups (broad SMARTS) is 1. The third-order valence-corrected chi connectivity index (χ3v) is 3.20. The maximum atomic E-state index is 11.9. The molecule has 0 spiro atoms. The van der Waals surface area contributed by atoms with Crippen LogP contribution >= 0.6 is 0 Å². The molecular formula is C13H14N2O4. The van der Waals surface area contributed by atoms with Gasteiger partial charge < -0.3 is 15.7 Å². The van der Waals surface area contributed by atoms with Crippen molar-refractivity contribution in [3.63, 3.8) is 0 Å². The van der Waals surface area contributed by atoms with Gasteiger partial charge in [-0.15, -0.1) is 0 Å². The van der Waals surface area contributed by atoms with Crippen LogP contribution in [0.4, 0.5) is 5.69 Å². The molecule has 1 aliphatic rings. The Kier molecular flexibility index (Phi) is 3.50. The smallest absolute Gasteiger partial charge is 0.308 e. The highest BCUT2D eigenvalue weighted by Gasteiger charge is 2.30. The summed E-state index contributed by atoms with van der Waals surface area (Å²) in [6.45, 7) is 0.121. The largest absolute Gasteiger partial charge is 0.481 e. The molecule has 0 radical (unpaired) electrons. The Labute approximate surface area is 109 Å². The molecule has 1 aromatic carbocycles. The van der Waals surface area contributed by atoms with Crippen molar-refractivity contribution >= 4 is 23.5 Å². The summed E-state index contributed by atoms with van der Waals surface area (Å²) >= 11 is 0. The van der Waals surface area contributed by atoms with E-state index in [1.165, 1.54) is 11.0 Å². The summed E-state index contributed by atoms with van der Waals surface area (Å²) in [7, 11) is 0. The number of carbonyl (C=O) groups is 3. The molecule has 1 saturated heterocycles. The minimum Gasteiger partial charge on any atom is -0.481 e. The van der Waals surface area contributed by atoms with Crippen molar-refractivity contribution in [1.29, 1.82) is 0 Å². The van der Waals surface area contributed by atoms with Crippen LogP contribution in [0.25, 0.3) is 0 Å². The summed E-state index contributed by atoms with van der Waals surface area (Å²) in [6, 6.07) is 6.33. The molecule has 1 atom stereocenters. The van der Waals surface area contributed by atoms with E-state index in [4.69, 9.17) is 10.8 Å². The van der Waals surface area contributed by atoms with E-state index >= 15 is 0 Å². The first-order valence-corrected chi connectivity index (χ1v) is 5.92. The van der Waals surface area contributed by atoms with Gasteiger partial charge in [-0.2, -0.15) is 0 Å². The van der Waals surface area contributed by atoms with Crippen LogP contribution in [-0.2, 0) is 9.59 Å². The van der Waals surface area contributed by atoms with Crippen LogP contribution in [-0.4, -0.2) is 29.4 Å². The molecule has 1 fully saturated rings. The van der Waals surface area contributed by atoms with Gasteiger partial charge in [0.25, 0.3) is 0 Å². The standard InChI is InChI=1S/C13H14N2O4/c14-12(17)8-2-1-3-10(6-8)15-7-9(13(18)19)4-5-11(15)16/h1-3,6,9H,4-5,7H2,(H2,14,17)(H,18,19). The molecule has 0 bridgehead atoms. The Balaban J connectivity index is 2.28. The Morgan fingerprint density at radius 2 is 2.11 bits per heavy atom. The van der Waals surface area contributed by atoms with Gasteiger partial charge in [0.05, 0.1) is 5.92 Å². The highest BCUT2D eigenvalue weighted by atomic mass is 16.4. The predicted molar refractivity (Wildman–Crippen MR) is 67.7 cm³/mol. The van der Waals surface area contributed by atoms with Crippen LogP contribution < -0.4 is 10.6 Å². The monoisotopic (exact) mass is 262 g/mol. The number of primary amides is 1. The zero-order chi connectivity index (χ0) is 14.0. The van der Waals surface area contributed by atoms with Crippen LogP contribution in [0.3, 0.4) is 0 Å². The lowest BCUT2D eigenvalue weighted by Crippen LogP contribution is -2.42. The Hall–Kier alpha value is -2.37. The van der Waals surface area contributed by atoms with E-state index in [-0.39, 0.29) is 18.9 Å². The van der Waals surface area contributed by atoms with Crippen LogP contribution in [0.1, 0.15) is 23.2 Å². The van der Waals surface area contributed by atoms with Crippen LogP contribution in [0.15, 0.2) is 24.3 Å². The van der Waals surface area contributed by atoms with Crippen molar-refractivity contribution < 1.29 is 19.5 Å². The fraction of sp³-hybridized carbons (Fsp3) is 0.308. The summed E-state index contributed by atoms with van der Waals surface area (Å²) < 4.78 is 0. The first kappa shape index (κ1) is 13.1. The van der Waals surface area contributed by atoms with Gasteiger partial charge in [-0.25, -0.2) is 0 Å². The first-order valence-electron chi connectivity index (χ1n) is 5.92. The average Bonchev–Trinajstić information content (AvgIpc) is 2.39. The number of piperidine rings is 1. The van der Waals surface area contributed by atoms with E-state index in [1.54, 1.807) is 18.2 Å². The number of hydrogen-bond acceptors (Lipinski definition) is 3. The number of benzene rings is 1. The number of aliphatic carboxylic acids is 1. The minimum absolute atomic E-state index is 0.121. The summed E-state index contributed by atoms with van der Waals surface area (Å²) in [5, 5.41) is 9.02. The van der Waals surface area contributed by atoms with Gasteiger partial charge in [0.15, 0.2) is 0 Å². The van der Waals surface area contributed by atoms with Crippen molar-refractivity contribution in [2.24, 2.45) is 11.7 Å². The van der Waals surface area contributed by atoms with Gasteiger partial charge in [-0.05, 0) is 24.6 Å². The third-order valence-electron chi connectivity index (χ3n) is 3.20. The van der Waals surface area contributed by atoms with Gasteiger partial charge in [-0.3, -0.25) is 14.4 Å². The predicted octanol–water partition coefficient (Wildman–Crippen LogP) is 0.613. The van der Waals surface area contributed by atoms with Crippen molar-refractivity contribution in [3.8, 4) is 0 Å². The molecule has 0 aliphatic carbocycles. The van der Waals surface area contributed by atoms with Crippen LogP contribution in [0, 0.1) is 5.92 Å². The van der Waals surface area contributed by atoms with Gasteiger partial charge >= 0.3 is 5.97 Å². The molecule has 0 saturated carbocycles. The van der Waals surface area contributed by atoms with Crippen LogP contribution in [0.5, 0.6) is 0 Å². The number of hydrogen-bond donors (Lipinski definition) is 2. The molecule has 100 valence electrons. The molecule has 19 heavy (non-hydrogen) atoms. The molecule has 6 nitrogen and oxygen atoms in total. The lowest BCUT2D eigenvalue weighted by molar-refractivity contribution is -0.142. The van der Waals surface area contributed by atoms with Crippen molar-refractivity contribution in [2.75, 3.05) is 11.4 Å². The molecule has 2 amide bonds. The van der Waals surface area contributed by atoms with Gasteiger partial charge in [-0.1, -0.05) is 6.07 Å². The SMILES string of the molecule is NC(=O)c1cccc(N2CC(C(=O)O)CCC2=O)c1. The number of amides is 2. The summed E-state index contributed by atoms with van der Waals surface area (Å²) in [5.74, 6) is -2.21.